The number of thioether (sulfide) groups is 2. The number of benzene rings is 1. The van der Waals surface area contributed by atoms with Crippen LogP contribution in [0.2, 0.25) is 0 Å². The van der Waals surface area contributed by atoms with E-state index in [1.54, 1.807) is 11.8 Å². The molecule has 0 bridgehead atoms. The fourth-order valence-electron chi connectivity index (χ4n) is 1.62. The van der Waals surface area contributed by atoms with Crippen molar-refractivity contribution in [1.29, 1.82) is 0 Å². The number of carbonyl (C=O) groups excluding carboxylic acids is 1. The second kappa shape index (κ2) is 7.51. The molecule has 0 aliphatic carbocycles. The summed E-state index contributed by atoms with van der Waals surface area (Å²) in [5, 5.41) is 11.1. The van der Waals surface area contributed by atoms with Gasteiger partial charge < -0.3 is 9.73 Å². The third-order valence-electron chi connectivity index (χ3n) is 2.83. The van der Waals surface area contributed by atoms with Gasteiger partial charge in [-0.05, 0) is 43.4 Å². The van der Waals surface area contributed by atoms with E-state index in [2.05, 4.69) is 15.5 Å². The van der Waals surface area contributed by atoms with Gasteiger partial charge >= 0.3 is 0 Å². The van der Waals surface area contributed by atoms with E-state index >= 15 is 0 Å². The van der Waals surface area contributed by atoms with Crippen molar-refractivity contribution in [2.45, 2.75) is 24.8 Å². The van der Waals surface area contributed by atoms with Crippen molar-refractivity contribution in [3.63, 3.8) is 0 Å². The number of hydrogen-bond donors (Lipinski definition) is 1. The van der Waals surface area contributed by atoms with Crippen molar-refractivity contribution in [2.75, 3.05) is 17.3 Å². The second-order valence-corrected chi connectivity index (χ2v) is 6.32. The summed E-state index contributed by atoms with van der Waals surface area (Å²) < 4.78 is 5.40. The van der Waals surface area contributed by atoms with Crippen molar-refractivity contribution in [2.24, 2.45) is 0 Å². The van der Waals surface area contributed by atoms with E-state index < -0.39 is 0 Å². The minimum Gasteiger partial charge on any atom is -0.415 e. The third-order valence-corrected chi connectivity index (χ3v) is 4.19. The van der Waals surface area contributed by atoms with E-state index in [-0.39, 0.29) is 11.7 Å². The number of carbonyl (C=O) groups is 1. The summed E-state index contributed by atoms with van der Waals surface area (Å²) in [5.74, 6) is 1.42. The lowest BCUT2D eigenvalue weighted by Gasteiger charge is -2.06. The van der Waals surface area contributed by atoms with E-state index in [0.717, 1.165) is 11.3 Å². The van der Waals surface area contributed by atoms with Crippen LogP contribution in [-0.4, -0.2) is 28.1 Å². The SMILES string of the molecule is CSCc1nnc(SCC(=O)Nc2ccc(C)c(C)c2)o1. The van der Waals surface area contributed by atoms with Crippen LogP contribution in [0.25, 0.3) is 0 Å². The van der Waals surface area contributed by atoms with Crippen LogP contribution in [0.4, 0.5) is 5.69 Å². The summed E-state index contributed by atoms with van der Waals surface area (Å²) in [5.41, 5.74) is 3.16. The van der Waals surface area contributed by atoms with Crippen LogP contribution in [0.15, 0.2) is 27.8 Å². The highest BCUT2D eigenvalue weighted by atomic mass is 32.2. The van der Waals surface area contributed by atoms with Crippen LogP contribution in [-0.2, 0) is 10.5 Å². The van der Waals surface area contributed by atoms with Gasteiger partial charge in [-0.1, -0.05) is 17.8 Å². The number of aromatic nitrogens is 2. The van der Waals surface area contributed by atoms with Gasteiger partial charge in [0.1, 0.15) is 0 Å². The van der Waals surface area contributed by atoms with Crippen molar-refractivity contribution in [3.05, 3.63) is 35.2 Å². The minimum absolute atomic E-state index is 0.0899. The number of hydrogen-bond acceptors (Lipinski definition) is 6. The molecule has 0 unspecified atom stereocenters. The zero-order valence-corrected chi connectivity index (χ0v) is 13.8. The highest BCUT2D eigenvalue weighted by Gasteiger charge is 2.09. The van der Waals surface area contributed by atoms with Crippen LogP contribution in [0.1, 0.15) is 17.0 Å². The van der Waals surface area contributed by atoms with Gasteiger partial charge in [0, 0.05) is 5.69 Å². The summed E-state index contributed by atoms with van der Waals surface area (Å²) in [4.78, 5) is 11.9. The molecule has 2 aromatic rings. The summed E-state index contributed by atoms with van der Waals surface area (Å²) in [6.45, 7) is 4.06. The van der Waals surface area contributed by atoms with E-state index in [9.17, 15) is 4.79 Å². The molecule has 0 aliphatic heterocycles. The Balaban J connectivity index is 1.85. The fraction of sp³-hybridized carbons (Fsp3) is 0.357. The molecule has 0 aliphatic rings. The molecular weight excluding hydrogens is 306 g/mol. The zero-order chi connectivity index (χ0) is 15.2. The smallest absolute Gasteiger partial charge is 0.277 e. The number of anilines is 1. The van der Waals surface area contributed by atoms with Gasteiger partial charge in [-0.3, -0.25) is 4.79 Å². The normalized spacial score (nSPS) is 10.6. The molecule has 1 aromatic carbocycles. The topological polar surface area (TPSA) is 68.0 Å². The van der Waals surface area contributed by atoms with E-state index in [1.807, 2.05) is 38.3 Å². The lowest BCUT2D eigenvalue weighted by molar-refractivity contribution is -0.113. The lowest BCUT2D eigenvalue weighted by Crippen LogP contribution is -2.14. The molecule has 1 heterocycles. The van der Waals surface area contributed by atoms with Crippen LogP contribution in [0, 0.1) is 13.8 Å². The minimum atomic E-state index is -0.0899. The average Bonchev–Trinajstić information content (AvgIpc) is 2.89. The molecule has 1 aromatic heterocycles. The summed E-state index contributed by atoms with van der Waals surface area (Å²) in [7, 11) is 0. The average molecular weight is 323 g/mol. The molecule has 1 N–H and O–H groups in total. The number of rotatable bonds is 6. The zero-order valence-electron chi connectivity index (χ0n) is 12.2. The first-order valence-electron chi connectivity index (χ1n) is 6.39. The number of nitrogens with one attached hydrogen (secondary N) is 1. The Kier molecular flexibility index (Phi) is 5.69. The second-order valence-electron chi connectivity index (χ2n) is 4.53. The fourth-order valence-corrected chi connectivity index (χ4v) is 2.57. The van der Waals surface area contributed by atoms with E-state index in [1.165, 1.54) is 17.3 Å². The molecule has 0 radical (unpaired) electrons. The predicted octanol–water partition coefficient (Wildman–Crippen LogP) is 3.28. The van der Waals surface area contributed by atoms with Gasteiger partial charge in [0.2, 0.25) is 11.8 Å². The van der Waals surface area contributed by atoms with Crippen LogP contribution in [0.3, 0.4) is 0 Å². The monoisotopic (exact) mass is 323 g/mol. The van der Waals surface area contributed by atoms with Gasteiger partial charge in [-0.15, -0.1) is 10.2 Å². The number of nitrogens with zero attached hydrogens (tertiary/aromatic N) is 2. The highest BCUT2D eigenvalue weighted by molar-refractivity contribution is 7.99. The Morgan fingerprint density at radius 1 is 1.29 bits per heavy atom. The molecule has 2 rings (SSSR count). The van der Waals surface area contributed by atoms with Gasteiger partial charge in [0.15, 0.2) is 0 Å². The Morgan fingerprint density at radius 2 is 2.10 bits per heavy atom. The quantitative estimate of drug-likeness (QED) is 0.823. The summed E-state index contributed by atoms with van der Waals surface area (Å²) in [6.07, 6.45) is 1.97. The third kappa shape index (κ3) is 4.78. The van der Waals surface area contributed by atoms with Gasteiger partial charge in [0.05, 0.1) is 11.5 Å². The first-order valence-corrected chi connectivity index (χ1v) is 8.77. The first-order chi connectivity index (χ1) is 10.1. The molecule has 112 valence electrons. The summed E-state index contributed by atoms with van der Waals surface area (Å²) >= 11 is 2.85. The summed E-state index contributed by atoms with van der Waals surface area (Å²) in [6, 6.07) is 5.85. The molecule has 0 spiro atoms. The van der Waals surface area contributed by atoms with E-state index in [4.69, 9.17) is 4.42 Å². The molecule has 21 heavy (non-hydrogen) atoms. The number of amides is 1. The van der Waals surface area contributed by atoms with Crippen LogP contribution in [0.5, 0.6) is 0 Å². The molecule has 0 saturated carbocycles. The van der Waals surface area contributed by atoms with E-state index in [0.29, 0.717) is 16.9 Å². The van der Waals surface area contributed by atoms with Crippen LogP contribution < -0.4 is 5.32 Å². The Hall–Kier alpha value is -1.47. The molecule has 0 fully saturated rings. The molecular formula is C14H17N3O2S2. The largest absolute Gasteiger partial charge is 0.415 e. The Bertz CT molecular complexity index is 628. The maximum atomic E-state index is 11.9. The predicted molar refractivity (Wildman–Crippen MR) is 86.8 cm³/mol. The Morgan fingerprint density at radius 3 is 2.81 bits per heavy atom. The highest BCUT2D eigenvalue weighted by Crippen LogP contribution is 2.19. The standard InChI is InChI=1S/C14H17N3O2S2/c1-9-4-5-11(6-10(9)2)15-12(18)7-21-14-17-16-13(19-14)8-20-3/h4-6H,7-8H2,1-3H3,(H,15,18). The van der Waals surface area contributed by atoms with Crippen molar-refractivity contribution in [1.82, 2.24) is 10.2 Å². The van der Waals surface area contributed by atoms with Gasteiger partial charge in [0.25, 0.3) is 5.22 Å². The van der Waals surface area contributed by atoms with Crippen LogP contribution >= 0.6 is 23.5 Å². The Labute approximate surface area is 132 Å². The lowest BCUT2D eigenvalue weighted by atomic mass is 10.1. The number of aryl methyl sites for hydroxylation is 2. The maximum Gasteiger partial charge on any atom is 0.277 e. The molecule has 0 atom stereocenters. The molecule has 0 saturated heterocycles. The van der Waals surface area contributed by atoms with Crippen molar-refractivity contribution >= 4 is 35.1 Å². The van der Waals surface area contributed by atoms with Gasteiger partial charge in [-0.2, -0.15) is 11.8 Å². The first kappa shape index (κ1) is 15.9. The molecule has 7 heteroatoms. The van der Waals surface area contributed by atoms with Gasteiger partial charge in [-0.25, -0.2) is 0 Å². The maximum absolute atomic E-state index is 11.9. The molecule has 1 amide bonds. The molecule has 5 nitrogen and oxygen atoms in total. The van der Waals surface area contributed by atoms with Crippen molar-refractivity contribution in [3.8, 4) is 0 Å². The van der Waals surface area contributed by atoms with Crippen molar-refractivity contribution < 1.29 is 9.21 Å².